The van der Waals surface area contributed by atoms with Crippen LogP contribution in [0.5, 0.6) is 0 Å². The van der Waals surface area contributed by atoms with Crippen molar-refractivity contribution in [2.24, 2.45) is 0 Å². The van der Waals surface area contributed by atoms with Crippen molar-refractivity contribution in [1.29, 1.82) is 0 Å². The Kier molecular flexibility index (Phi) is 3.33. The average molecular weight is 313 g/mol. The van der Waals surface area contributed by atoms with Crippen molar-refractivity contribution in [2.45, 2.75) is 32.7 Å². The largest absolute Gasteiger partial charge is 0.354 e. The summed E-state index contributed by atoms with van der Waals surface area (Å²) in [5.41, 5.74) is 1.40. The van der Waals surface area contributed by atoms with E-state index in [0.717, 1.165) is 36.6 Å². The monoisotopic (exact) mass is 313 g/mol. The van der Waals surface area contributed by atoms with Crippen LogP contribution in [0.2, 0.25) is 0 Å². The van der Waals surface area contributed by atoms with Crippen LogP contribution in [0.3, 0.4) is 0 Å². The smallest absolute Gasteiger partial charge is 0.141 e. The molecule has 0 spiro atoms. The molecule has 0 aromatic carbocycles. The molecule has 1 atom stereocenters. The highest BCUT2D eigenvalue weighted by molar-refractivity contribution is 7.18. The Balaban J connectivity index is 1.73. The van der Waals surface area contributed by atoms with Crippen LogP contribution in [-0.2, 0) is 6.42 Å². The molecule has 1 aliphatic rings. The van der Waals surface area contributed by atoms with Gasteiger partial charge in [0.2, 0.25) is 0 Å². The van der Waals surface area contributed by atoms with Crippen LogP contribution < -0.4 is 4.90 Å². The lowest BCUT2D eigenvalue weighted by Crippen LogP contribution is -2.22. The zero-order valence-electron chi connectivity index (χ0n) is 12.9. The van der Waals surface area contributed by atoms with Gasteiger partial charge < -0.3 is 9.47 Å². The maximum atomic E-state index is 4.62. The Labute approximate surface area is 133 Å². The van der Waals surface area contributed by atoms with Crippen LogP contribution in [0.25, 0.3) is 10.2 Å². The highest BCUT2D eigenvalue weighted by Crippen LogP contribution is 2.37. The van der Waals surface area contributed by atoms with E-state index in [1.807, 2.05) is 12.5 Å². The molecule has 3 aromatic rings. The van der Waals surface area contributed by atoms with E-state index in [1.165, 1.54) is 15.8 Å². The lowest BCUT2D eigenvalue weighted by Gasteiger charge is -2.19. The standard InChI is InChI=1S/C16H19N5S/c1-3-13-11(2)22-16-14(13)15(18-9-19-16)20-6-4-12(8-20)21-7-5-17-10-21/h5,7,9-10,12H,3-4,6,8H2,1-2H3/t12-/m1/s1. The molecule has 1 fully saturated rings. The molecule has 4 rings (SSSR count). The number of thiophene rings is 1. The minimum atomic E-state index is 0.484. The lowest BCUT2D eigenvalue weighted by atomic mass is 10.1. The molecule has 5 nitrogen and oxygen atoms in total. The van der Waals surface area contributed by atoms with E-state index in [1.54, 1.807) is 17.7 Å². The van der Waals surface area contributed by atoms with Crippen molar-refractivity contribution >= 4 is 27.4 Å². The van der Waals surface area contributed by atoms with Crippen molar-refractivity contribution in [3.63, 3.8) is 0 Å². The van der Waals surface area contributed by atoms with Crippen molar-refractivity contribution < 1.29 is 0 Å². The summed E-state index contributed by atoms with van der Waals surface area (Å²) in [6.45, 7) is 6.42. The molecule has 0 radical (unpaired) electrons. The normalized spacial score (nSPS) is 18.5. The van der Waals surface area contributed by atoms with Gasteiger partial charge >= 0.3 is 0 Å². The third-order valence-electron chi connectivity index (χ3n) is 4.53. The molecule has 3 aromatic heterocycles. The van der Waals surface area contributed by atoms with Crippen molar-refractivity contribution in [2.75, 3.05) is 18.0 Å². The lowest BCUT2D eigenvalue weighted by molar-refractivity contribution is 0.551. The molecule has 114 valence electrons. The summed E-state index contributed by atoms with van der Waals surface area (Å²) < 4.78 is 2.21. The summed E-state index contributed by atoms with van der Waals surface area (Å²) in [4.78, 5) is 18.2. The van der Waals surface area contributed by atoms with Gasteiger partial charge in [0.05, 0.1) is 17.8 Å². The summed E-state index contributed by atoms with van der Waals surface area (Å²) >= 11 is 1.78. The second-order valence-electron chi connectivity index (χ2n) is 5.77. The van der Waals surface area contributed by atoms with E-state index < -0.39 is 0 Å². The van der Waals surface area contributed by atoms with Gasteiger partial charge in [-0.2, -0.15) is 0 Å². The fraction of sp³-hybridized carbons (Fsp3) is 0.438. The highest BCUT2D eigenvalue weighted by Gasteiger charge is 2.27. The SMILES string of the molecule is CCc1c(C)sc2ncnc(N3CC[C@@H](n4ccnc4)C3)c12. The molecule has 0 bridgehead atoms. The van der Waals surface area contributed by atoms with E-state index in [2.05, 4.69) is 44.5 Å². The van der Waals surface area contributed by atoms with Crippen LogP contribution in [0.15, 0.2) is 25.0 Å². The number of aromatic nitrogens is 4. The van der Waals surface area contributed by atoms with Crippen molar-refractivity contribution in [1.82, 2.24) is 19.5 Å². The Morgan fingerprint density at radius 2 is 2.27 bits per heavy atom. The predicted octanol–water partition coefficient (Wildman–Crippen LogP) is 3.21. The molecule has 0 amide bonds. The Bertz CT molecular complexity index is 792. The maximum Gasteiger partial charge on any atom is 0.141 e. The molecule has 0 saturated carbocycles. The second-order valence-corrected chi connectivity index (χ2v) is 6.97. The number of anilines is 1. The van der Waals surface area contributed by atoms with Gasteiger partial charge in [0.15, 0.2) is 0 Å². The Hall–Kier alpha value is -1.95. The first-order valence-corrected chi connectivity index (χ1v) is 8.55. The Morgan fingerprint density at radius 3 is 3.05 bits per heavy atom. The number of imidazole rings is 1. The summed E-state index contributed by atoms with van der Waals surface area (Å²) in [5.74, 6) is 1.11. The molecular formula is C16H19N5S. The molecule has 22 heavy (non-hydrogen) atoms. The highest BCUT2D eigenvalue weighted by atomic mass is 32.1. The fourth-order valence-corrected chi connectivity index (χ4v) is 4.49. The molecule has 1 aliphatic heterocycles. The first-order chi connectivity index (χ1) is 10.8. The quantitative estimate of drug-likeness (QED) is 0.745. The van der Waals surface area contributed by atoms with E-state index in [4.69, 9.17) is 0 Å². The first-order valence-electron chi connectivity index (χ1n) is 7.73. The van der Waals surface area contributed by atoms with Crippen molar-refractivity contribution in [3.8, 4) is 0 Å². The van der Waals surface area contributed by atoms with Crippen LogP contribution >= 0.6 is 11.3 Å². The summed E-state index contributed by atoms with van der Waals surface area (Å²) in [7, 11) is 0. The zero-order chi connectivity index (χ0) is 15.1. The summed E-state index contributed by atoms with van der Waals surface area (Å²) in [6, 6.07) is 0.484. The van der Waals surface area contributed by atoms with Gasteiger partial charge in [-0.25, -0.2) is 15.0 Å². The van der Waals surface area contributed by atoms with Gasteiger partial charge in [0.25, 0.3) is 0 Å². The molecule has 6 heteroatoms. The van der Waals surface area contributed by atoms with Crippen LogP contribution in [-0.4, -0.2) is 32.6 Å². The van der Waals surface area contributed by atoms with E-state index >= 15 is 0 Å². The third kappa shape index (κ3) is 2.09. The molecule has 4 heterocycles. The molecule has 0 aliphatic carbocycles. The third-order valence-corrected chi connectivity index (χ3v) is 5.59. The van der Waals surface area contributed by atoms with E-state index in [-0.39, 0.29) is 0 Å². The topological polar surface area (TPSA) is 46.8 Å². The predicted molar refractivity (Wildman–Crippen MR) is 89.6 cm³/mol. The van der Waals surface area contributed by atoms with E-state index in [0.29, 0.717) is 6.04 Å². The molecule has 0 N–H and O–H groups in total. The van der Waals surface area contributed by atoms with Gasteiger partial charge in [-0.3, -0.25) is 0 Å². The number of hydrogen-bond acceptors (Lipinski definition) is 5. The van der Waals surface area contributed by atoms with Crippen LogP contribution in [0.1, 0.15) is 29.8 Å². The van der Waals surface area contributed by atoms with Crippen LogP contribution in [0.4, 0.5) is 5.82 Å². The van der Waals surface area contributed by atoms with Gasteiger partial charge in [0.1, 0.15) is 17.0 Å². The summed E-state index contributed by atoms with van der Waals surface area (Å²) in [6.07, 6.45) is 9.68. The zero-order valence-corrected chi connectivity index (χ0v) is 13.7. The summed E-state index contributed by atoms with van der Waals surface area (Å²) in [5, 5.41) is 1.26. The maximum absolute atomic E-state index is 4.62. The van der Waals surface area contributed by atoms with E-state index in [9.17, 15) is 0 Å². The number of rotatable bonds is 3. The number of fused-ring (bicyclic) bond motifs is 1. The van der Waals surface area contributed by atoms with Gasteiger partial charge in [0, 0.05) is 30.4 Å². The Morgan fingerprint density at radius 1 is 1.36 bits per heavy atom. The van der Waals surface area contributed by atoms with Crippen molar-refractivity contribution in [3.05, 3.63) is 35.5 Å². The van der Waals surface area contributed by atoms with Gasteiger partial charge in [-0.1, -0.05) is 6.92 Å². The minimum absolute atomic E-state index is 0.484. The number of aryl methyl sites for hydroxylation is 2. The minimum Gasteiger partial charge on any atom is -0.354 e. The molecule has 0 unspecified atom stereocenters. The van der Waals surface area contributed by atoms with Gasteiger partial charge in [-0.05, 0) is 25.3 Å². The van der Waals surface area contributed by atoms with Crippen LogP contribution in [0, 0.1) is 6.92 Å². The number of nitrogens with zero attached hydrogens (tertiary/aromatic N) is 5. The molecule has 1 saturated heterocycles. The molecular weight excluding hydrogens is 294 g/mol. The fourth-order valence-electron chi connectivity index (χ4n) is 3.41. The number of hydrogen-bond donors (Lipinski definition) is 0. The average Bonchev–Trinajstić information content (AvgIpc) is 3.25. The first kappa shape index (κ1) is 13.7. The second kappa shape index (κ2) is 5.35. The van der Waals surface area contributed by atoms with Gasteiger partial charge in [-0.15, -0.1) is 11.3 Å².